The molecule has 0 amide bonds. The van der Waals surface area contributed by atoms with Gasteiger partial charge in [-0.15, -0.1) is 11.3 Å². The van der Waals surface area contributed by atoms with Gasteiger partial charge in [-0.3, -0.25) is 0 Å². The molecular formula is C10H14N2S2. The van der Waals surface area contributed by atoms with Crippen molar-refractivity contribution < 1.29 is 0 Å². The van der Waals surface area contributed by atoms with Crippen molar-refractivity contribution in [2.24, 2.45) is 0 Å². The summed E-state index contributed by atoms with van der Waals surface area (Å²) in [5, 5.41) is 2.29. The highest BCUT2D eigenvalue weighted by molar-refractivity contribution is 7.99. The molecule has 1 unspecified atom stereocenters. The Morgan fingerprint density at radius 3 is 2.71 bits per heavy atom. The van der Waals surface area contributed by atoms with Gasteiger partial charge in [0.1, 0.15) is 5.00 Å². The van der Waals surface area contributed by atoms with Crippen molar-refractivity contribution in [1.82, 2.24) is 4.98 Å². The van der Waals surface area contributed by atoms with Crippen LogP contribution in [-0.4, -0.2) is 16.5 Å². The summed E-state index contributed by atoms with van der Waals surface area (Å²) in [5.74, 6) is 3.90. The van der Waals surface area contributed by atoms with E-state index >= 15 is 0 Å². The van der Waals surface area contributed by atoms with Crippen LogP contribution in [0.15, 0.2) is 0 Å². The Labute approximate surface area is 92.3 Å². The molecule has 14 heavy (non-hydrogen) atoms. The minimum atomic E-state index is 0.642. The van der Waals surface area contributed by atoms with Gasteiger partial charge in [-0.1, -0.05) is 0 Å². The Hall–Kier alpha value is -0.220. The fourth-order valence-corrected chi connectivity index (χ4v) is 4.22. The number of nitrogens with zero attached hydrogens (tertiary/aromatic N) is 1. The van der Waals surface area contributed by atoms with Crippen molar-refractivity contribution in [2.75, 3.05) is 17.2 Å². The van der Waals surface area contributed by atoms with Crippen LogP contribution >= 0.6 is 23.1 Å². The van der Waals surface area contributed by atoms with Gasteiger partial charge in [0.15, 0.2) is 0 Å². The summed E-state index contributed by atoms with van der Waals surface area (Å²) in [6, 6.07) is 0. The highest BCUT2D eigenvalue weighted by atomic mass is 32.2. The molecular weight excluding hydrogens is 212 g/mol. The van der Waals surface area contributed by atoms with Crippen molar-refractivity contribution in [2.45, 2.75) is 31.1 Å². The normalized spacial score (nSPS) is 27.0. The topological polar surface area (TPSA) is 38.9 Å². The lowest BCUT2D eigenvalue weighted by atomic mass is 10.1. The third-order valence-corrected chi connectivity index (χ3v) is 5.17. The van der Waals surface area contributed by atoms with Gasteiger partial charge in [0.05, 0.1) is 10.7 Å². The summed E-state index contributed by atoms with van der Waals surface area (Å²) in [5.41, 5.74) is 7.24. The summed E-state index contributed by atoms with van der Waals surface area (Å²) < 4.78 is 0. The van der Waals surface area contributed by atoms with Crippen molar-refractivity contribution in [3.05, 3.63) is 10.7 Å². The Morgan fingerprint density at radius 1 is 1.21 bits per heavy atom. The van der Waals surface area contributed by atoms with Gasteiger partial charge in [0.25, 0.3) is 0 Å². The van der Waals surface area contributed by atoms with Gasteiger partial charge >= 0.3 is 0 Å². The SMILES string of the molecule is Nc1sc(C2CC2)nc1C1CCSC1. The number of thiazole rings is 1. The van der Waals surface area contributed by atoms with E-state index in [2.05, 4.69) is 0 Å². The minimum absolute atomic E-state index is 0.642. The second-order valence-electron chi connectivity index (χ2n) is 4.14. The number of hydrogen-bond acceptors (Lipinski definition) is 4. The zero-order chi connectivity index (χ0) is 9.54. The smallest absolute Gasteiger partial charge is 0.110 e. The number of hydrogen-bond donors (Lipinski definition) is 1. The standard InChI is InChI=1S/C10H14N2S2/c11-9-8(7-3-4-13-5-7)12-10(14-9)6-1-2-6/h6-7H,1-5,11H2. The van der Waals surface area contributed by atoms with Crippen molar-refractivity contribution in [1.29, 1.82) is 0 Å². The molecule has 0 aromatic carbocycles. The summed E-state index contributed by atoms with van der Waals surface area (Å²) in [7, 11) is 0. The van der Waals surface area contributed by atoms with Crippen LogP contribution in [-0.2, 0) is 0 Å². The van der Waals surface area contributed by atoms with E-state index in [1.807, 2.05) is 11.8 Å². The summed E-state index contributed by atoms with van der Waals surface area (Å²) in [6.07, 6.45) is 3.92. The van der Waals surface area contributed by atoms with Crippen LogP contribution in [0.2, 0.25) is 0 Å². The molecule has 76 valence electrons. The van der Waals surface area contributed by atoms with E-state index in [1.165, 1.54) is 41.5 Å². The van der Waals surface area contributed by atoms with E-state index in [-0.39, 0.29) is 0 Å². The maximum Gasteiger partial charge on any atom is 0.110 e. The molecule has 1 saturated carbocycles. The fraction of sp³-hybridized carbons (Fsp3) is 0.700. The molecule has 1 saturated heterocycles. The van der Waals surface area contributed by atoms with Crippen LogP contribution in [0.1, 0.15) is 41.8 Å². The molecule has 2 nitrogen and oxygen atoms in total. The predicted octanol–water partition coefficient (Wildman–Crippen LogP) is 2.82. The first-order valence-corrected chi connectivity index (χ1v) is 7.15. The second-order valence-corrected chi connectivity index (χ2v) is 6.35. The van der Waals surface area contributed by atoms with Crippen LogP contribution < -0.4 is 5.73 Å². The van der Waals surface area contributed by atoms with Gasteiger partial charge in [0, 0.05) is 17.6 Å². The van der Waals surface area contributed by atoms with E-state index in [4.69, 9.17) is 10.7 Å². The van der Waals surface area contributed by atoms with Gasteiger partial charge < -0.3 is 5.73 Å². The molecule has 0 radical (unpaired) electrons. The first-order valence-electron chi connectivity index (χ1n) is 5.18. The molecule has 2 heterocycles. The Morgan fingerprint density at radius 2 is 2.07 bits per heavy atom. The van der Waals surface area contributed by atoms with Gasteiger partial charge in [-0.25, -0.2) is 4.98 Å². The van der Waals surface area contributed by atoms with E-state index in [9.17, 15) is 0 Å². The Balaban J connectivity index is 1.88. The second kappa shape index (κ2) is 3.42. The predicted molar refractivity (Wildman–Crippen MR) is 63.2 cm³/mol. The number of aromatic nitrogens is 1. The summed E-state index contributed by atoms with van der Waals surface area (Å²) in [6.45, 7) is 0. The number of anilines is 1. The van der Waals surface area contributed by atoms with Gasteiger partial charge in [-0.2, -0.15) is 11.8 Å². The number of thioether (sulfide) groups is 1. The first kappa shape index (κ1) is 9.04. The quantitative estimate of drug-likeness (QED) is 0.843. The maximum absolute atomic E-state index is 6.03. The molecule has 0 bridgehead atoms. The fourth-order valence-electron chi connectivity index (χ4n) is 1.91. The summed E-state index contributed by atoms with van der Waals surface area (Å²) >= 11 is 3.76. The highest BCUT2D eigenvalue weighted by Crippen LogP contribution is 2.45. The molecule has 1 aromatic heterocycles. The van der Waals surface area contributed by atoms with E-state index in [1.54, 1.807) is 11.3 Å². The largest absolute Gasteiger partial charge is 0.389 e. The molecule has 3 rings (SSSR count). The number of rotatable bonds is 2. The van der Waals surface area contributed by atoms with Crippen LogP contribution in [0.25, 0.3) is 0 Å². The average molecular weight is 226 g/mol. The molecule has 1 atom stereocenters. The number of nitrogens with two attached hydrogens (primary N) is 1. The first-order chi connectivity index (χ1) is 6.84. The van der Waals surface area contributed by atoms with Crippen molar-refractivity contribution in [3.63, 3.8) is 0 Å². The van der Waals surface area contributed by atoms with Crippen molar-refractivity contribution >= 4 is 28.1 Å². The van der Waals surface area contributed by atoms with Crippen LogP contribution in [0.5, 0.6) is 0 Å². The lowest BCUT2D eigenvalue weighted by molar-refractivity contribution is 0.755. The van der Waals surface area contributed by atoms with E-state index in [0.29, 0.717) is 5.92 Å². The third kappa shape index (κ3) is 1.54. The maximum atomic E-state index is 6.03. The lowest BCUT2D eigenvalue weighted by Gasteiger charge is -2.04. The van der Waals surface area contributed by atoms with Crippen LogP contribution in [0, 0.1) is 0 Å². The average Bonchev–Trinajstić information content (AvgIpc) is 2.75. The molecule has 2 N–H and O–H groups in total. The molecule has 2 aliphatic rings. The molecule has 4 heteroatoms. The number of nitrogen functional groups attached to an aromatic ring is 1. The highest BCUT2D eigenvalue weighted by Gasteiger charge is 2.30. The lowest BCUT2D eigenvalue weighted by Crippen LogP contribution is -2.00. The van der Waals surface area contributed by atoms with Crippen LogP contribution in [0.4, 0.5) is 5.00 Å². The molecule has 0 spiro atoms. The monoisotopic (exact) mass is 226 g/mol. The molecule has 1 aromatic rings. The van der Waals surface area contributed by atoms with Crippen molar-refractivity contribution in [3.8, 4) is 0 Å². The molecule has 1 aliphatic carbocycles. The zero-order valence-corrected chi connectivity index (χ0v) is 9.66. The molecule has 1 aliphatic heterocycles. The molecule has 2 fully saturated rings. The summed E-state index contributed by atoms with van der Waals surface area (Å²) in [4.78, 5) is 4.73. The Bertz CT molecular complexity index is 338. The minimum Gasteiger partial charge on any atom is -0.389 e. The van der Waals surface area contributed by atoms with Gasteiger partial charge in [-0.05, 0) is 25.0 Å². The van der Waals surface area contributed by atoms with Crippen LogP contribution in [0.3, 0.4) is 0 Å². The van der Waals surface area contributed by atoms with E-state index in [0.717, 1.165) is 10.9 Å². The van der Waals surface area contributed by atoms with Gasteiger partial charge in [0.2, 0.25) is 0 Å². The third-order valence-electron chi connectivity index (χ3n) is 2.94. The zero-order valence-electron chi connectivity index (χ0n) is 8.03. The van der Waals surface area contributed by atoms with E-state index < -0.39 is 0 Å². The Kier molecular flexibility index (Phi) is 2.21.